The van der Waals surface area contributed by atoms with Gasteiger partial charge in [0.2, 0.25) is 0 Å². The number of carbonyl (C=O) groups is 1. The molecular weight excluding hydrogens is 178 g/mol. The SMILES string of the molecule is C[C@@H](O)[C@H](NC(CO)CO)C(=O)O. The van der Waals surface area contributed by atoms with Crippen molar-refractivity contribution in [1.82, 2.24) is 5.32 Å². The van der Waals surface area contributed by atoms with Gasteiger partial charge in [-0.2, -0.15) is 0 Å². The normalized spacial score (nSPS) is 15.8. The van der Waals surface area contributed by atoms with Crippen molar-refractivity contribution in [2.75, 3.05) is 13.2 Å². The molecule has 6 heteroatoms. The molecule has 0 aromatic rings. The zero-order valence-electron chi connectivity index (χ0n) is 7.34. The maximum Gasteiger partial charge on any atom is 0.323 e. The second-order valence-electron chi connectivity index (χ2n) is 2.79. The van der Waals surface area contributed by atoms with Crippen LogP contribution in [0.15, 0.2) is 0 Å². The van der Waals surface area contributed by atoms with E-state index in [0.29, 0.717) is 0 Å². The molecule has 0 aliphatic heterocycles. The highest BCUT2D eigenvalue weighted by atomic mass is 16.4. The molecule has 0 spiro atoms. The second kappa shape index (κ2) is 5.87. The highest BCUT2D eigenvalue weighted by molar-refractivity contribution is 5.74. The van der Waals surface area contributed by atoms with Crippen LogP contribution in [0.2, 0.25) is 0 Å². The Kier molecular flexibility index (Phi) is 5.56. The summed E-state index contributed by atoms with van der Waals surface area (Å²) in [5, 5.41) is 37.3. The number of hydrogen-bond acceptors (Lipinski definition) is 5. The van der Waals surface area contributed by atoms with Gasteiger partial charge in [0.1, 0.15) is 6.04 Å². The van der Waals surface area contributed by atoms with Gasteiger partial charge in [-0.25, -0.2) is 0 Å². The van der Waals surface area contributed by atoms with E-state index in [1.807, 2.05) is 0 Å². The van der Waals surface area contributed by atoms with Gasteiger partial charge in [0, 0.05) is 0 Å². The molecule has 6 nitrogen and oxygen atoms in total. The highest BCUT2D eigenvalue weighted by Gasteiger charge is 2.25. The number of hydrogen-bond donors (Lipinski definition) is 5. The molecule has 5 N–H and O–H groups in total. The van der Waals surface area contributed by atoms with Crippen LogP contribution in [0.5, 0.6) is 0 Å². The lowest BCUT2D eigenvalue weighted by Gasteiger charge is -2.21. The Labute approximate surface area is 75.8 Å². The van der Waals surface area contributed by atoms with Crippen molar-refractivity contribution in [3.05, 3.63) is 0 Å². The first-order chi connectivity index (χ1) is 6.02. The van der Waals surface area contributed by atoms with Gasteiger partial charge in [-0.15, -0.1) is 0 Å². The molecule has 0 unspecified atom stereocenters. The van der Waals surface area contributed by atoms with Crippen molar-refractivity contribution in [2.45, 2.75) is 25.1 Å². The van der Waals surface area contributed by atoms with Crippen LogP contribution in [0.3, 0.4) is 0 Å². The third-order valence-electron chi connectivity index (χ3n) is 1.60. The minimum atomic E-state index is -1.22. The average Bonchev–Trinajstić information content (AvgIpc) is 2.05. The number of carboxylic acids is 1. The molecule has 0 amide bonds. The summed E-state index contributed by atoms with van der Waals surface area (Å²) in [7, 11) is 0. The zero-order chi connectivity index (χ0) is 10.4. The number of carboxylic acid groups (broad SMARTS) is 1. The summed E-state index contributed by atoms with van der Waals surface area (Å²) in [5.41, 5.74) is 0. The van der Waals surface area contributed by atoms with Gasteiger partial charge in [0.05, 0.1) is 25.4 Å². The first-order valence-corrected chi connectivity index (χ1v) is 3.91. The molecule has 0 radical (unpaired) electrons. The van der Waals surface area contributed by atoms with Gasteiger partial charge in [-0.05, 0) is 6.92 Å². The molecule has 0 aliphatic rings. The molecule has 0 aromatic heterocycles. The molecule has 0 saturated carbocycles. The van der Waals surface area contributed by atoms with Gasteiger partial charge < -0.3 is 20.4 Å². The topological polar surface area (TPSA) is 110 Å². The Morgan fingerprint density at radius 1 is 1.38 bits per heavy atom. The van der Waals surface area contributed by atoms with Crippen LogP contribution >= 0.6 is 0 Å². The Morgan fingerprint density at radius 3 is 2.08 bits per heavy atom. The van der Waals surface area contributed by atoms with Crippen molar-refractivity contribution in [3.8, 4) is 0 Å². The third-order valence-corrected chi connectivity index (χ3v) is 1.60. The van der Waals surface area contributed by atoms with E-state index in [9.17, 15) is 4.79 Å². The van der Waals surface area contributed by atoms with Crippen molar-refractivity contribution in [3.63, 3.8) is 0 Å². The molecule has 0 saturated heterocycles. The van der Waals surface area contributed by atoms with Crippen molar-refractivity contribution in [1.29, 1.82) is 0 Å². The summed E-state index contributed by atoms with van der Waals surface area (Å²) < 4.78 is 0. The van der Waals surface area contributed by atoms with E-state index >= 15 is 0 Å². The maximum atomic E-state index is 10.5. The number of aliphatic hydroxyl groups excluding tert-OH is 3. The summed E-state index contributed by atoms with van der Waals surface area (Å²) >= 11 is 0. The van der Waals surface area contributed by atoms with Crippen LogP contribution in [-0.2, 0) is 4.79 Å². The van der Waals surface area contributed by atoms with Gasteiger partial charge >= 0.3 is 5.97 Å². The van der Waals surface area contributed by atoms with Crippen molar-refractivity contribution in [2.24, 2.45) is 0 Å². The average molecular weight is 193 g/mol. The van der Waals surface area contributed by atoms with E-state index in [1.54, 1.807) is 0 Å². The molecular formula is C7H15NO5. The molecule has 2 atom stereocenters. The molecule has 0 aliphatic carbocycles. The number of nitrogens with one attached hydrogen (secondary N) is 1. The van der Waals surface area contributed by atoms with E-state index in [1.165, 1.54) is 6.92 Å². The number of aliphatic carboxylic acids is 1. The Hall–Kier alpha value is -0.690. The Bertz CT molecular complexity index is 157. The first kappa shape index (κ1) is 12.3. The highest BCUT2D eigenvalue weighted by Crippen LogP contribution is 1.95. The molecule has 13 heavy (non-hydrogen) atoms. The van der Waals surface area contributed by atoms with E-state index in [0.717, 1.165) is 0 Å². The van der Waals surface area contributed by atoms with Crippen LogP contribution in [0.25, 0.3) is 0 Å². The fraction of sp³-hybridized carbons (Fsp3) is 0.857. The molecule has 0 rings (SSSR count). The van der Waals surface area contributed by atoms with Crippen LogP contribution in [0, 0.1) is 0 Å². The second-order valence-corrected chi connectivity index (χ2v) is 2.79. The predicted octanol–water partition coefficient (Wildman–Crippen LogP) is -2.24. The summed E-state index contributed by atoms with van der Waals surface area (Å²) in [6.07, 6.45) is -1.09. The van der Waals surface area contributed by atoms with E-state index < -0.39 is 24.2 Å². The van der Waals surface area contributed by atoms with E-state index in [-0.39, 0.29) is 13.2 Å². The minimum Gasteiger partial charge on any atom is -0.480 e. The smallest absolute Gasteiger partial charge is 0.323 e. The molecule has 0 fully saturated rings. The first-order valence-electron chi connectivity index (χ1n) is 3.91. The summed E-state index contributed by atoms with van der Waals surface area (Å²) in [6.45, 7) is 0.553. The van der Waals surface area contributed by atoms with Gasteiger partial charge in [0.25, 0.3) is 0 Å². The van der Waals surface area contributed by atoms with Crippen LogP contribution < -0.4 is 5.32 Å². The van der Waals surface area contributed by atoms with Crippen molar-refractivity contribution >= 4 is 5.97 Å². The summed E-state index contributed by atoms with van der Waals surface area (Å²) in [4.78, 5) is 10.5. The maximum absolute atomic E-state index is 10.5. The summed E-state index contributed by atoms with van der Waals surface area (Å²) in [6, 6.07) is -1.90. The van der Waals surface area contributed by atoms with Crippen LogP contribution in [-0.4, -0.2) is 57.8 Å². The lowest BCUT2D eigenvalue weighted by atomic mass is 10.1. The van der Waals surface area contributed by atoms with E-state index in [4.69, 9.17) is 20.4 Å². The van der Waals surface area contributed by atoms with Crippen LogP contribution in [0.4, 0.5) is 0 Å². The fourth-order valence-electron chi connectivity index (χ4n) is 0.834. The van der Waals surface area contributed by atoms with Gasteiger partial charge in [-0.1, -0.05) is 0 Å². The van der Waals surface area contributed by atoms with Crippen molar-refractivity contribution < 1.29 is 25.2 Å². The Balaban J connectivity index is 4.16. The largest absolute Gasteiger partial charge is 0.480 e. The van der Waals surface area contributed by atoms with Gasteiger partial charge in [-0.3, -0.25) is 10.1 Å². The predicted molar refractivity (Wildman–Crippen MR) is 44.2 cm³/mol. The zero-order valence-corrected chi connectivity index (χ0v) is 7.34. The molecule has 0 aromatic carbocycles. The lowest BCUT2D eigenvalue weighted by Crippen LogP contribution is -2.51. The fourth-order valence-corrected chi connectivity index (χ4v) is 0.834. The lowest BCUT2D eigenvalue weighted by molar-refractivity contribution is -0.142. The van der Waals surface area contributed by atoms with Gasteiger partial charge in [0.15, 0.2) is 0 Å². The summed E-state index contributed by atoms with van der Waals surface area (Å²) in [5.74, 6) is -1.22. The number of aliphatic hydroxyl groups is 3. The number of rotatable bonds is 6. The molecule has 0 bridgehead atoms. The molecule has 0 heterocycles. The quantitative estimate of drug-likeness (QED) is 0.326. The van der Waals surface area contributed by atoms with Crippen LogP contribution in [0.1, 0.15) is 6.92 Å². The Morgan fingerprint density at radius 2 is 1.85 bits per heavy atom. The molecule has 78 valence electrons. The van der Waals surface area contributed by atoms with E-state index in [2.05, 4.69) is 5.32 Å². The minimum absolute atomic E-state index is 0.382. The monoisotopic (exact) mass is 193 g/mol. The standard InChI is InChI=1S/C7H15NO5/c1-4(11)6(7(12)13)8-5(2-9)3-10/h4-6,8-11H,2-3H2,1H3,(H,12,13)/t4-,6+/m1/s1. The third kappa shape index (κ3) is 4.18.